The van der Waals surface area contributed by atoms with Crippen molar-refractivity contribution in [3.63, 3.8) is 0 Å². The molecule has 142 valence electrons. The van der Waals surface area contributed by atoms with Crippen molar-refractivity contribution in [2.45, 2.75) is 25.9 Å². The fourth-order valence-electron chi connectivity index (χ4n) is 2.59. The van der Waals surface area contributed by atoms with E-state index < -0.39 is 12.8 Å². The summed E-state index contributed by atoms with van der Waals surface area (Å²) in [4.78, 5) is 17.2. The second-order valence-electron chi connectivity index (χ2n) is 5.87. The van der Waals surface area contributed by atoms with E-state index in [-0.39, 0.29) is 11.3 Å². The lowest BCUT2D eigenvalue weighted by Gasteiger charge is -2.14. The van der Waals surface area contributed by atoms with Crippen LogP contribution in [0.3, 0.4) is 0 Å². The summed E-state index contributed by atoms with van der Waals surface area (Å²) >= 11 is 0. The highest BCUT2D eigenvalue weighted by molar-refractivity contribution is 5.56. The van der Waals surface area contributed by atoms with Gasteiger partial charge in [0.2, 0.25) is 0 Å². The second kappa shape index (κ2) is 7.65. The van der Waals surface area contributed by atoms with Crippen LogP contribution in [-0.2, 0) is 6.42 Å². The number of benzene rings is 1. The average Bonchev–Trinajstić information content (AvgIpc) is 3.15. The lowest BCUT2D eigenvalue weighted by Crippen LogP contribution is -2.23. The molecule has 1 aromatic carbocycles. The van der Waals surface area contributed by atoms with Crippen LogP contribution in [0.1, 0.15) is 19.2 Å². The molecule has 0 aliphatic heterocycles. The molecule has 1 N–H and O–H groups in total. The zero-order valence-corrected chi connectivity index (χ0v) is 14.5. The van der Waals surface area contributed by atoms with Crippen molar-refractivity contribution in [3.8, 4) is 22.7 Å². The highest BCUT2D eigenvalue weighted by atomic mass is 19.4. The Morgan fingerprint density at radius 2 is 1.96 bits per heavy atom. The molecular weight excluding hydrogens is 361 g/mol. The zero-order chi connectivity index (χ0) is 19.4. The number of rotatable bonds is 6. The van der Waals surface area contributed by atoms with Gasteiger partial charge in [-0.1, -0.05) is 6.92 Å². The predicted molar refractivity (Wildman–Crippen MR) is 93.0 cm³/mol. The molecule has 0 unspecified atom stereocenters. The topological polar surface area (TPSA) is 72.8 Å². The summed E-state index contributed by atoms with van der Waals surface area (Å²) in [5.74, 6) is 0.634. The molecule has 0 spiro atoms. The van der Waals surface area contributed by atoms with E-state index in [2.05, 4.69) is 15.2 Å². The van der Waals surface area contributed by atoms with E-state index in [1.54, 1.807) is 12.4 Å². The number of ether oxygens (including phenoxy) is 1. The highest BCUT2D eigenvalue weighted by Crippen LogP contribution is 2.21. The first-order valence-corrected chi connectivity index (χ1v) is 8.29. The Morgan fingerprint density at radius 3 is 2.56 bits per heavy atom. The first kappa shape index (κ1) is 18.7. The lowest BCUT2D eigenvalue weighted by atomic mass is 10.2. The van der Waals surface area contributed by atoms with Gasteiger partial charge in [0.15, 0.2) is 6.61 Å². The Labute approximate surface area is 152 Å². The van der Waals surface area contributed by atoms with Gasteiger partial charge in [-0.15, -0.1) is 0 Å². The molecule has 0 fully saturated rings. The molecule has 0 aliphatic carbocycles. The Kier molecular flexibility index (Phi) is 5.29. The number of alkyl halides is 3. The first-order chi connectivity index (χ1) is 12.9. The van der Waals surface area contributed by atoms with E-state index in [4.69, 9.17) is 4.74 Å². The minimum Gasteiger partial charge on any atom is -0.484 e. The van der Waals surface area contributed by atoms with Gasteiger partial charge < -0.3 is 4.74 Å². The third-order valence-electron chi connectivity index (χ3n) is 3.75. The molecule has 0 amide bonds. The fourth-order valence-corrected chi connectivity index (χ4v) is 2.59. The van der Waals surface area contributed by atoms with Crippen LogP contribution < -0.4 is 10.3 Å². The molecule has 0 radical (unpaired) electrons. The molecular formula is C18H17F3N4O2. The number of nitrogens with zero attached hydrogens (tertiary/aromatic N) is 3. The van der Waals surface area contributed by atoms with E-state index in [0.717, 1.165) is 6.42 Å². The molecule has 9 heteroatoms. The third-order valence-corrected chi connectivity index (χ3v) is 3.75. The van der Waals surface area contributed by atoms with Crippen LogP contribution in [0.25, 0.3) is 16.9 Å². The molecule has 27 heavy (non-hydrogen) atoms. The minimum atomic E-state index is -4.41. The Morgan fingerprint density at radius 1 is 1.22 bits per heavy atom. The van der Waals surface area contributed by atoms with Gasteiger partial charge in [0.25, 0.3) is 5.56 Å². The van der Waals surface area contributed by atoms with E-state index in [1.807, 2.05) is 6.92 Å². The molecule has 0 bridgehead atoms. The SMILES string of the molecule is CCCc1nc(-c2cn[nH]c2)cc(=O)n1-c1ccc(OCC(F)(F)F)cc1. The van der Waals surface area contributed by atoms with E-state index in [9.17, 15) is 18.0 Å². The standard InChI is InChI=1S/C18H17F3N4O2/c1-2-3-16-24-15(12-9-22-23-10-12)8-17(26)25(16)13-4-6-14(7-5-13)27-11-18(19,20)21/h4-10H,2-3,11H2,1H3,(H,22,23). The summed E-state index contributed by atoms with van der Waals surface area (Å²) in [6.45, 7) is 0.601. The highest BCUT2D eigenvalue weighted by Gasteiger charge is 2.28. The summed E-state index contributed by atoms with van der Waals surface area (Å²) in [6, 6.07) is 7.26. The fraction of sp³-hybridized carbons (Fsp3) is 0.278. The lowest BCUT2D eigenvalue weighted by molar-refractivity contribution is -0.153. The van der Waals surface area contributed by atoms with Gasteiger partial charge in [0.1, 0.15) is 11.6 Å². The van der Waals surface area contributed by atoms with Gasteiger partial charge in [-0.3, -0.25) is 14.5 Å². The number of hydrogen-bond donors (Lipinski definition) is 1. The monoisotopic (exact) mass is 378 g/mol. The quantitative estimate of drug-likeness (QED) is 0.712. The van der Waals surface area contributed by atoms with Crippen molar-refractivity contribution in [2.75, 3.05) is 6.61 Å². The average molecular weight is 378 g/mol. The molecule has 0 saturated heterocycles. The number of nitrogens with one attached hydrogen (secondary N) is 1. The normalized spacial score (nSPS) is 11.6. The predicted octanol–water partition coefficient (Wildman–Crippen LogP) is 3.52. The minimum absolute atomic E-state index is 0.0733. The van der Waals surface area contributed by atoms with Crippen LogP contribution in [0.4, 0.5) is 13.2 Å². The first-order valence-electron chi connectivity index (χ1n) is 8.29. The summed E-state index contributed by atoms with van der Waals surface area (Å²) in [5.41, 5.74) is 1.44. The van der Waals surface area contributed by atoms with Crippen LogP contribution >= 0.6 is 0 Å². The summed E-state index contributed by atoms with van der Waals surface area (Å²) in [7, 11) is 0. The number of halogens is 3. The molecule has 2 aromatic heterocycles. The van der Waals surface area contributed by atoms with E-state index in [0.29, 0.717) is 29.2 Å². The number of aromatic amines is 1. The summed E-state index contributed by atoms with van der Waals surface area (Å²) in [5, 5.41) is 6.54. The van der Waals surface area contributed by atoms with Gasteiger partial charge >= 0.3 is 6.18 Å². The summed E-state index contributed by atoms with van der Waals surface area (Å²) in [6.07, 6.45) is 0.154. The van der Waals surface area contributed by atoms with Crippen molar-refractivity contribution in [3.05, 3.63) is 58.9 Å². The molecule has 0 aliphatic rings. The molecule has 2 heterocycles. The van der Waals surface area contributed by atoms with Gasteiger partial charge in [-0.25, -0.2) is 4.98 Å². The Bertz CT molecular complexity index is 948. The number of aromatic nitrogens is 4. The van der Waals surface area contributed by atoms with Crippen molar-refractivity contribution in [1.82, 2.24) is 19.7 Å². The molecule has 0 saturated carbocycles. The maximum absolute atomic E-state index is 12.7. The van der Waals surface area contributed by atoms with Gasteiger partial charge in [-0.2, -0.15) is 18.3 Å². The Hall–Kier alpha value is -3.10. The van der Waals surface area contributed by atoms with Gasteiger partial charge in [0, 0.05) is 24.2 Å². The molecule has 3 rings (SSSR count). The smallest absolute Gasteiger partial charge is 0.422 e. The van der Waals surface area contributed by atoms with Crippen LogP contribution in [0.15, 0.2) is 47.5 Å². The van der Waals surface area contributed by atoms with Crippen molar-refractivity contribution >= 4 is 0 Å². The molecule has 3 aromatic rings. The van der Waals surface area contributed by atoms with E-state index >= 15 is 0 Å². The zero-order valence-electron chi connectivity index (χ0n) is 14.5. The number of hydrogen-bond acceptors (Lipinski definition) is 4. The summed E-state index contributed by atoms with van der Waals surface area (Å²) < 4.78 is 42.9. The second-order valence-corrected chi connectivity index (χ2v) is 5.87. The van der Waals surface area contributed by atoms with Crippen LogP contribution in [0, 0.1) is 0 Å². The van der Waals surface area contributed by atoms with Crippen LogP contribution in [0.5, 0.6) is 5.75 Å². The largest absolute Gasteiger partial charge is 0.484 e. The van der Waals surface area contributed by atoms with Gasteiger partial charge in [0.05, 0.1) is 17.6 Å². The van der Waals surface area contributed by atoms with Crippen LogP contribution in [0.2, 0.25) is 0 Å². The van der Waals surface area contributed by atoms with E-state index in [1.165, 1.54) is 34.9 Å². The maximum Gasteiger partial charge on any atom is 0.422 e. The van der Waals surface area contributed by atoms with Crippen molar-refractivity contribution in [1.29, 1.82) is 0 Å². The number of aryl methyl sites for hydroxylation is 1. The van der Waals surface area contributed by atoms with Crippen molar-refractivity contribution in [2.24, 2.45) is 0 Å². The maximum atomic E-state index is 12.7. The van der Waals surface area contributed by atoms with Crippen LogP contribution in [-0.4, -0.2) is 32.5 Å². The number of H-pyrrole nitrogens is 1. The van der Waals surface area contributed by atoms with Gasteiger partial charge in [-0.05, 0) is 30.7 Å². The molecule has 0 atom stereocenters. The Balaban J connectivity index is 1.94. The van der Waals surface area contributed by atoms with Crippen molar-refractivity contribution < 1.29 is 17.9 Å². The molecule has 6 nitrogen and oxygen atoms in total. The third kappa shape index (κ3) is 4.55.